The molecule has 0 bridgehead atoms. The average molecular weight is 674 g/mol. The van der Waals surface area contributed by atoms with Gasteiger partial charge in [-0.3, -0.25) is 4.98 Å². The monoisotopic (exact) mass is 673 g/mol. The third kappa shape index (κ3) is 4.38. The first-order valence-electron chi connectivity index (χ1n) is 18.1. The van der Waals surface area contributed by atoms with Gasteiger partial charge in [0.15, 0.2) is 5.82 Å². The fourth-order valence-corrected chi connectivity index (χ4v) is 8.94. The van der Waals surface area contributed by atoms with Crippen LogP contribution in [0.3, 0.4) is 0 Å². The summed E-state index contributed by atoms with van der Waals surface area (Å²) in [4.78, 5) is 15.1. The summed E-state index contributed by atoms with van der Waals surface area (Å²) in [5.41, 5.74) is 16.9. The molecule has 1 spiro atoms. The van der Waals surface area contributed by atoms with E-state index < -0.39 is 5.41 Å². The summed E-state index contributed by atoms with van der Waals surface area (Å²) in [6, 6.07) is 63.4. The molecule has 0 saturated heterocycles. The third-order valence-corrected chi connectivity index (χ3v) is 11.2. The minimum absolute atomic E-state index is 0.441. The van der Waals surface area contributed by atoms with Crippen LogP contribution < -0.4 is 0 Å². The molecule has 3 nitrogen and oxygen atoms in total. The van der Waals surface area contributed by atoms with Crippen molar-refractivity contribution in [3.8, 4) is 67.3 Å². The zero-order valence-electron chi connectivity index (χ0n) is 28.7. The van der Waals surface area contributed by atoms with Crippen LogP contribution in [0, 0.1) is 0 Å². The lowest BCUT2D eigenvalue weighted by atomic mass is 9.70. The molecule has 53 heavy (non-hydrogen) atoms. The highest BCUT2D eigenvalue weighted by Crippen LogP contribution is 2.63. The van der Waals surface area contributed by atoms with Crippen molar-refractivity contribution < 1.29 is 0 Å². The summed E-state index contributed by atoms with van der Waals surface area (Å²) >= 11 is 0. The summed E-state index contributed by atoms with van der Waals surface area (Å²) in [5.74, 6) is 0.700. The standard InChI is InChI=1S/C50H31N3/c1-2-17-37-32(12-1)13-10-21-42(37)48-30-47(34-15-9-14-33(28-34)36-16-11-27-51-31-36)52-49(53-48)35-25-26-41-40-20-5-8-24-45(40)50(46(41)29-35)43-22-6-3-18-38(43)39-19-4-7-23-44(39)50/h1-31H. The molecule has 0 atom stereocenters. The maximum absolute atomic E-state index is 5.39. The van der Waals surface area contributed by atoms with Gasteiger partial charge < -0.3 is 0 Å². The lowest BCUT2D eigenvalue weighted by Gasteiger charge is -2.30. The van der Waals surface area contributed by atoms with Crippen LogP contribution in [0.15, 0.2) is 188 Å². The molecule has 11 rings (SSSR count). The normalized spacial score (nSPS) is 13.1. The van der Waals surface area contributed by atoms with E-state index in [0.717, 1.165) is 44.6 Å². The maximum atomic E-state index is 5.39. The van der Waals surface area contributed by atoms with Crippen LogP contribution in [0.4, 0.5) is 0 Å². The van der Waals surface area contributed by atoms with Gasteiger partial charge in [-0.25, -0.2) is 9.97 Å². The fourth-order valence-electron chi connectivity index (χ4n) is 8.94. The lowest BCUT2D eigenvalue weighted by molar-refractivity contribution is 0.794. The predicted octanol–water partition coefficient (Wildman–Crippen LogP) is 12.0. The molecule has 0 fully saturated rings. The number of nitrogens with zero attached hydrogens (tertiary/aromatic N) is 3. The van der Waals surface area contributed by atoms with Crippen LogP contribution in [-0.2, 0) is 5.41 Å². The Morgan fingerprint density at radius 2 is 0.943 bits per heavy atom. The highest BCUT2D eigenvalue weighted by atomic mass is 14.9. The Bertz CT molecular complexity index is 2840. The first-order chi connectivity index (χ1) is 26.3. The summed E-state index contributed by atoms with van der Waals surface area (Å²) in [7, 11) is 0. The second-order valence-electron chi connectivity index (χ2n) is 14.0. The van der Waals surface area contributed by atoms with Crippen molar-refractivity contribution in [3.63, 3.8) is 0 Å². The number of hydrogen-bond donors (Lipinski definition) is 0. The summed E-state index contributed by atoms with van der Waals surface area (Å²) in [6.07, 6.45) is 3.71. The molecule has 2 aromatic heterocycles. The van der Waals surface area contributed by atoms with Gasteiger partial charge >= 0.3 is 0 Å². The summed E-state index contributed by atoms with van der Waals surface area (Å²) in [6.45, 7) is 0. The fraction of sp³-hybridized carbons (Fsp3) is 0.0200. The highest BCUT2D eigenvalue weighted by molar-refractivity contribution is 5.98. The number of fused-ring (bicyclic) bond motifs is 11. The largest absolute Gasteiger partial charge is 0.264 e. The SMILES string of the molecule is c1cncc(-c2cccc(-c3cc(-c4cccc5ccccc45)nc(-c4ccc5c(c4)C4(c6ccccc6-c6ccccc64)c4ccccc4-5)n3)c2)c1. The van der Waals surface area contributed by atoms with Crippen LogP contribution in [0.2, 0.25) is 0 Å². The number of pyridine rings is 1. The van der Waals surface area contributed by atoms with E-state index in [0.29, 0.717) is 5.82 Å². The van der Waals surface area contributed by atoms with Crippen molar-refractivity contribution >= 4 is 10.8 Å². The molecule has 246 valence electrons. The Morgan fingerprint density at radius 3 is 1.68 bits per heavy atom. The van der Waals surface area contributed by atoms with Gasteiger partial charge in [0.25, 0.3) is 0 Å². The number of rotatable bonds is 4. The minimum Gasteiger partial charge on any atom is -0.264 e. The van der Waals surface area contributed by atoms with Crippen molar-refractivity contribution in [2.75, 3.05) is 0 Å². The number of hydrogen-bond acceptors (Lipinski definition) is 3. The maximum Gasteiger partial charge on any atom is 0.160 e. The Balaban J connectivity index is 1.16. The molecule has 0 N–H and O–H groups in total. The number of aromatic nitrogens is 3. The molecule has 0 unspecified atom stereocenters. The Kier molecular flexibility index (Phi) is 6.47. The van der Waals surface area contributed by atoms with Gasteiger partial charge in [0.05, 0.1) is 16.8 Å². The van der Waals surface area contributed by atoms with E-state index in [-0.39, 0.29) is 0 Å². The molecule has 2 aliphatic carbocycles. The summed E-state index contributed by atoms with van der Waals surface area (Å²) in [5, 5.41) is 2.35. The van der Waals surface area contributed by atoms with E-state index in [2.05, 4.69) is 175 Å². The highest BCUT2D eigenvalue weighted by Gasteiger charge is 2.51. The lowest BCUT2D eigenvalue weighted by Crippen LogP contribution is -2.25. The Morgan fingerprint density at radius 1 is 0.358 bits per heavy atom. The van der Waals surface area contributed by atoms with Crippen molar-refractivity contribution in [1.29, 1.82) is 0 Å². The molecule has 0 amide bonds. The number of benzene rings is 7. The van der Waals surface area contributed by atoms with Crippen LogP contribution >= 0.6 is 0 Å². The van der Waals surface area contributed by atoms with Gasteiger partial charge in [-0.05, 0) is 85.1 Å². The van der Waals surface area contributed by atoms with Crippen molar-refractivity contribution in [1.82, 2.24) is 15.0 Å². The van der Waals surface area contributed by atoms with E-state index in [9.17, 15) is 0 Å². The molecule has 7 aromatic carbocycles. The van der Waals surface area contributed by atoms with E-state index in [1.54, 1.807) is 0 Å². The Hall–Kier alpha value is -6.97. The van der Waals surface area contributed by atoms with Gasteiger partial charge in [-0.2, -0.15) is 0 Å². The van der Waals surface area contributed by atoms with Crippen molar-refractivity contribution in [2.45, 2.75) is 5.41 Å². The zero-order chi connectivity index (χ0) is 34.9. The molecular weight excluding hydrogens is 643 g/mol. The summed E-state index contributed by atoms with van der Waals surface area (Å²) < 4.78 is 0. The van der Waals surface area contributed by atoms with Gasteiger partial charge in [-0.1, -0.05) is 152 Å². The van der Waals surface area contributed by atoms with E-state index >= 15 is 0 Å². The van der Waals surface area contributed by atoms with Crippen molar-refractivity contribution in [3.05, 3.63) is 211 Å². The van der Waals surface area contributed by atoms with Gasteiger partial charge in [0, 0.05) is 34.6 Å². The molecule has 2 aliphatic rings. The van der Waals surface area contributed by atoms with Crippen LogP contribution in [0.1, 0.15) is 22.3 Å². The molecule has 0 saturated carbocycles. The molecule has 0 aliphatic heterocycles. The van der Waals surface area contributed by atoms with Crippen LogP contribution in [0.5, 0.6) is 0 Å². The van der Waals surface area contributed by atoms with Crippen molar-refractivity contribution in [2.24, 2.45) is 0 Å². The molecule has 0 radical (unpaired) electrons. The topological polar surface area (TPSA) is 38.7 Å². The predicted molar refractivity (Wildman–Crippen MR) is 215 cm³/mol. The molecular formula is C50H31N3. The molecule has 3 heteroatoms. The van der Waals surface area contributed by atoms with E-state index in [1.165, 1.54) is 49.9 Å². The quantitative estimate of drug-likeness (QED) is 0.187. The van der Waals surface area contributed by atoms with Gasteiger partial charge in [0.2, 0.25) is 0 Å². The second-order valence-corrected chi connectivity index (χ2v) is 14.0. The van der Waals surface area contributed by atoms with Crippen LogP contribution in [0.25, 0.3) is 78.1 Å². The third-order valence-electron chi connectivity index (χ3n) is 11.2. The second kappa shape index (κ2) is 11.5. The molecule has 2 heterocycles. The smallest absolute Gasteiger partial charge is 0.160 e. The van der Waals surface area contributed by atoms with Gasteiger partial charge in [0.1, 0.15) is 0 Å². The van der Waals surface area contributed by atoms with Gasteiger partial charge in [-0.15, -0.1) is 0 Å². The first kappa shape index (κ1) is 29.7. The zero-order valence-corrected chi connectivity index (χ0v) is 28.7. The molecule has 9 aromatic rings. The van der Waals surface area contributed by atoms with Crippen LogP contribution in [-0.4, -0.2) is 15.0 Å². The average Bonchev–Trinajstić information content (AvgIpc) is 3.71. The van der Waals surface area contributed by atoms with E-state index in [1.807, 2.05) is 18.5 Å². The Labute approximate surface area is 308 Å². The van der Waals surface area contributed by atoms with E-state index in [4.69, 9.17) is 9.97 Å². The first-order valence-corrected chi connectivity index (χ1v) is 18.1. The minimum atomic E-state index is -0.441.